The maximum absolute atomic E-state index is 12.6. The van der Waals surface area contributed by atoms with Crippen LogP contribution in [0.25, 0.3) is 0 Å². The number of Topliss-reactive ketones (excluding diaryl/α,β-unsaturated/α-hetero) is 1. The van der Waals surface area contributed by atoms with Crippen molar-refractivity contribution in [1.29, 1.82) is 0 Å². The number of carbonyl (C=O) groups is 2. The third-order valence-electron chi connectivity index (χ3n) is 4.49. The van der Waals surface area contributed by atoms with Gasteiger partial charge in [0.05, 0.1) is 6.20 Å². The van der Waals surface area contributed by atoms with Crippen LogP contribution in [0.3, 0.4) is 0 Å². The minimum atomic E-state index is -0.579. The normalized spacial score (nSPS) is 19.5. The number of carbonyl (C=O) groups excluding carboxylic acids is 2. The van der Waals surface area contributed by atoms with Crippen LogP contribution < -0.4 is 11.1 Å². The van der Waals surface area contributed by atoms with Crippen molar-refractivity contribution in [3.63, 3.8) is 0 Å². The van der Waals surface area contributed by atoms with Crippen molar-refractivity contribution in [3.05, 3.63) is 52.9 Å². The Morgan fingerprint density at radius 2 is 2.21 bits per heavy atom. The van der Waals surface area contributed by atoms with E-state index in [-0.39, 0.29) is 17.1 Å². The van der Waals surface area contributed by atoms with Crippen LogP contribution in [0, 0.1) is 0 Å². The molecule has 7 heteroatoms. The van der Waals surface area contributed by atoms with Crippen LogP contribution in [0.5, 0.6) is 5.75 Å². The van der Waals surface area contributed by atoms with Crippen molar-refractivity contribution in [2.24, 2.45) is 5.73 Å². The number of nitrogens with one attached hydrogen (secondary N) is 1. The van der Waals surface area contributed by atoms with Crippen molar-refractivity contribution in [3.8, 4) is 5.75 Å². The number of hydrogen-bond donors (Lipinski definition) is 3. The first kappa shape index (κ1) is 14.5. The summed E-state index contributed by atoms with van der Waals surface area (Å²) in [6.07, 6.45) is 3.37. The van der Waals surface area contributed by atoms with Crippen LogP contribution in [-0.2, 0) is 4.79 Å². The van der Waals surface area contributed by atoms with Crippen molar-refractivity contribution in [1.82, 2.24) is 9.78 Å². The molecule has 0 saturated carbocycles. The Morgan fingerprint density at radius 1 is 1.38 bits per heavy atom. The molecular weight excluding hydrogens is 308 g/mol. The Balaban J connectivity index is 1.95. The monoisotopic (exact) mass is 324 g/mol. The topological polar surface area (TPSA) is 110 Å². The molecule has 0 radical (unpaired) electrons. The number of primary amides is 1. The average molecular weight is 324 g/mol. The molecule has 0 spiro atoms. The molecule has 2 heterocycles. The number of nitrogens with zero attached hydrogens (tertiary/aromatic N) is 2. The predicted octanol–water partition coefficient (Wildman–Crippen LogP) is 1.71. The summed E-state index contributed by atoms with van der Waals surface area (Å²) in [6.45, 7) is 0. The molecule has 4 N–H and O–H groups in total. The molecule has 0 saturated heterocycles. The van der Waals surface area contributed by atoms with Crippen molar-refractivity contribution in [2.75, 3.05) is 5.32 Å². The fourth-order valence-corrected chi connectivity index (χ4v) is 3.44. The zero-order chi connectivity index (χ0) is 16.8. The molecule has 7 nitrogen and oxygen atoms in total. The Morgan fingerprint density at radius 3 is 2.96 bits per heavy atom. The van der Waals surface area contributed by atoms with E-state index in [2.05, 4.69) is 10.4 Å². The zero-order valence-electron chi connectivity index (χ0n) is 12.8. The quantitative estimate of drug-likeness (QED) is 0.779. The standard InChI is InChI=1S/C17H16N4O3/c18-16(24)11-8-19-21-15(9-3-1-4-10(22)7-9)14-12(20-17(11)21)5-2-6-13(14)23/h1,3-4,7-8,15,20,22H,2,5-6H2,(H2,18,24). The van der Waals surface area contributed by atoms with Crippen LogP contribution in [0.1, 0.15) is 41.2 Å². The number of aromatic hydroxyl groups is 1. The lowest BCUT2D eigenvalue weighted by molar-refractivity contribution is -0.116. The van der Waals surface area contributed by atoms with E-state index in [0.29, 0.717) is 17.8 Å². The number of benzene rings is 1. The summed E-state index contributed by atoms with van der Waals surface area (Å²) in [4.78, 5) is 24.2. The Labute approximate surface area is 137 Å². The Hall–Kier alpha value is -3.09. The van der Waals surface area contributed by atoms with Gasteiger partial charge in [-0.25, -0.2) is 4.68 Å². The summed E-state index contributed by atoms with van der Waals surface area (Å²) in [5.41, 5.74) is 7.89. The van der Waals surface area contributed by atoms with Gasteiger partial charge in [0.25, 0.3) is 5.91 Å². The van der Waals surface area contributed by atoms with Crippen molar-refractivity contribution in [2.45, 2.75) is 25.3 Å². The number of nitrogens with two attached hydrogens (primary N) is 1. The summed E-state index contributed by atoms with van der Waals surface area (Å²) in [6, 6.07) is 6.25. The minimum Gasteiger partial charge on any atom is -0.508 e. The third kappa shape index (κ3) is 2.09. The van der Waals surface area contributed by atoms with Gasteiger partial charge >= 0.3 is 0 Å². The van der Waals surface area contributed by atoms with Crippen LogP contribution in [0.2, 0.25) is 0 Å². The molecule has 0 bridgehead atoms. The van der Waals surface area contributed by atoms with Gasteiger partial charge in [-0.05, 0) is 30.5 Å². The number of aromatic nitrogens is 2. The van der Waals surface area contributed by atoms with E-state index in [4.69, 9.17) is 5.73 Å². The van der Waals surface area contributed by atoms with Crippen LogP contribution in [0.4, 0.5) is 5.82 Å². The number of allylic oxidation sites excluding steroid dienone is 2. The summed E-state index contributed by atoms with van der Waals surface area (Å²) in [5, 5.41) is 17.3. The first-order valence-electron chi connectivity index (χ1n) is 7.76. The minimum absolute atomic E-state index is 0.0545. The molecule has 1 aromatic carbocycles. The molecular formula is C17H16N4O3. The predicted molar refractivity (Wildman–Crippen MR) is 86.5 cm³/mol. The number of phenols is 1. The van der Waals surface area contributed by atoms with Gasteiger partial charge in [-0.3, -0.25) is 9.59 Å². The van der Waals surface area contributed by atoms with Gasteiger partial charge in [0, 0.05) is 17.7 Å². The highest BCUT2D eigenvalue weighted by atomic mass is 16.3. The molecule has 2 aromatic rings. The summed E-state index contributed by atoms with van der Waals surface area (Å²) in [7, 11) is 0. The third-order valence-corrected chi connectivity index (χ3v) is 4.49. The number of ketones is 1. The summed E-state index contributed by atoms with van der Waals surface area (Å²) >= 11 is 0. The summed E-state index contributed by atoms with van der Waals surface area (Å²) < 4.78 is 1.59. The second-order valence-corrected chi connectivity index (χ2v) is 6.01. The molecule has 122 valence electrons. The molecule has 4 rings (SSSR count). The molecule has 1 amide bonds. The lowest BCUT2D eigenvalue weighted by Gasteiger charge is -2.33. The maximum Gasteiger partial charge on any atom is 0.254 e. The lowest BCUT2D eigenvalue weighted by Crippen LogP contribution is -2.32. The maximum atomic E-state index is 12.6. The van der Waals surface area contributed by atoms with Gasteiger partial charge in [0.15, 0.2) is 5.78 Å². The second-order valence-electron chi connectivity index (χ2n) is 6.01. The number of anilines is 1. The molecule has 0 fully saturated rings. The van der Waals surface area contributed by atoms with E-state index in [1.54, 1.807) is 22.9 Å². The molecule has 24 heavy (non-hydrogen) atoms. The van der Waals surface area contributed by atoms with E-state index < -0.39 is 11.9 Å². The first-order valence-corrected chi connectivity index (χ1v) is 7.76. The zero-order valence-corrected chi connectivity index (χ0v) is 12.8. The molecule has 2 aliphatic rings. The van der Waals surface area contributed by atoms with Gasteiger partial charge < -0.3 is 16.2 Å². The number of amides is 1. The molecule has 1 unspecified atom stereocenters. The van der Waals surface area contributed by atoms with Gasteiger partial charge in [-0.2, -0.15) is 5.10 Å². The van der Waals surface area contributed by atoms with Gasteiger partial charge in [0.1, 0.15) is 23.2 Å². The molecule has 1 aromatic heterocycles. The fourth-order valence-electron chi connectivity index (χ4n) is 3.44. The molecule has 1 aliphatic carbocycles. The molecule has 1 atom stereocenters. The highest BCUT2D eigenvalue weighted by Gasteiger charge is 2.37. The van der Waals surface area contributed by atoms with Gasteiger partial charge in [0.2, 0.25) is 0 Å². The number of rotatable bonds is 2. The van der Waals surface area contributed by atoms with Crippen LogP contribution in [0.15, 0.2) is 41.7 Å². The number of fused-ring (bicyclic) bond motifs is 1. The SMILES string of the molecule is NC(=O)c1cnn2c1NC1=C(C(=O)CCC1)C2c1cccc(O)c1. The largest absolute Gasteiger partial charge is 0.508 e. The van der Waals surface area contributed by atoms with E-state index in [9.17, 15) is 14.7 Å². The fraction of sp³-hybridized carbons (Fsp3) is 0.235. The van der Waals surface area contributed by atoms with Crippen molar-refractivity contribution < 1.29 is 14.7 Å². The van der Waals surface area contributed by atoms with E-state index in [1.807, 2.05) is 6.07 Å². The van der Waals surface area contributed by atoms with Crippen LogP contribution >= 0.6 is 0 Å². The molecule has 1 aliphatic heterocycles. The number of hydrogen-bond acceptors (Lipinski definition) is 5. The van der Waals surface area contributed by atoms with Crippen LogP contribution in [-0.4, -0.2) is 26.6 Å². The smallest absolute Gasteiger partial charge is 0.254 e. The Bertz CT molecular complexity index is 897. The first-order chi connectivity index (χ1) is 11.6. The van der Waals surface area contributed by atoms with E-state index >= 15 is 0 Å². The number of phenolic OH excluding ortho intramolecular Hbond substituents is 1. The Kier molecular flexibility index (Phi) is 3.16. The van der Waals surface area contributed by atoms with E-state index in [0.717, 1.165) is 24.1 Å². The van der Waals surface area contributed by atoms with Gasteiger partial charge in [-0.1, -0.05) is 12.1 Å². The average Bonchev–Trinajstić information content (AvgIpc) is 2.97. The summed E-state index contributed by atoms with van der Waals surface area (Å²) in [5.74, 6) is 0.0769. The lowest BCUT2D eigenvalue weighted by atomic mass is 9.85. The van der Waals surface area contributed by atoms with Crippen molar-refractivity contribution >= 4 is 17.5 Å². The van der Waals surface area contributed by atoms with Gasteiger partial charge in [-0.15, -0.1) is 0 Å². The highest BCUT2D eigenvalue weighted by Crippen LogP contribution is 2.41. The highest BCUT2D eigenvalue weighted by molar-refractivity contribution is 6.02. The second kappa shape index (κ2) is 5.23. The van der Waals surface area contributed by atoms with E-state index in [1.165, 1.54) is 6.20 Å².